The van der Waals surface area contributed by atoms with Crippen molar-refractivity contribution in [3.05, 3.63) is 113 Å². The van der Waals surface area contributed by atoms with E-state index in [0.29, 0.717) is 74.9 Å². The minimum absolute atomic E-state index is 0.00940. The second-order valence-corrected chi connectivity index (χ2v) is 26.9. The van der Waals surface area contributed by atoms with Gasteiger partial charge in [0.1, 0.15) is 53.1 Å². The number of rotatable bonds is 10. The lowest BCUT2D eigenvalue weighted by atomic mass is 9.98. The Hall–Kier alpha value is -8.25. The lowest BCUT2D eigenvalue weighted by molar-refractivity contribution is 0.0164. The highest BCUT2D eigenvalue weighted by atomic mass is 35.5. The molecule has 6 aliphatic heterocycles. The van der Waals surface area contributed by atoms with Crippen LogP contribution in [-0.2, 0) is 14.2 Å². The van der Waals surface area contributed by atoms with Crippen LogP contribution >= 0.6 is 11.6 Å². The molecule has 9 atom stereocenters. The van der Waals surface area contributed by atoms with Crippen LogP contribution in [-0.4, -0.2) is 154 Å². The fourth-order valence-electron chi connectivity index (χ4n) is 12.0. The minimum atomic E-state index is -0.518. The first-order valence-corrected chi connectivity index (χ1v) is 31.3. The lowest BCUT2D eigenvalue weighted by Gasteiger charge is -2.28. The lowest BCUT2D eigenvalue weighted by Crippen LogP contribution is -2.42. The summed E-state index contributed by atoms with van der Waals surface area (Å²) in [6.45, 7) is 28.0. The summed E-state index contributed by atoms with van der Waals surface area (Å²) in [6, 6.07) is 11.4. The van der Waals surface area contributed by atoms with Gasteiger partial charge in [0, 0.05) is 55.1 Å². The molecule has 1 N–H and O–H groups in total. The first-order chi connectivity index (χ1) is 43.0. The molecule has 0 saturated carbocycles. The highest BCUT2D eigenvalue weighted by Gasteiger charge is 2.53. The van der Waals surface area contributed by atoms with Crippen molar-refractivity contribution in [1.82, 2.24) is 59.6 Å². The number of aromatic nitrogens is 9. The van der Waals surface area contributed by atoms with Gasteiger partial charge in [0.25, 0.3) is 0 Å². The molecule has 12 heterocycles. The van der Waals surface area contributed by atoms with Crippen LogP contribution in [0.1, 0.15) is 154 Å². The largest absolute Gasteiger partial charge is 0.472 e. The van der Waals surface area contributed by atoms with E-state index in [1.54, 1.807) is 29.6 Å². The van der Waals surface area contributed by atoms with Gasteiger partial charge in [-0.15, -0.1) is 0 Å². The molecule has 25 heteroatoms. The van der Waals surface area contributed by atoms with Crippen LogP contribution in [0.5, 0.6) is 46.6 Å². The second-order valence-electron chi connectivity index (χ2n) is 26.5. The van der Waals surface area contributed by atoms with Crippen LogP contribution in [0, 0.1) is 41.5 Å². The van der Waals surface area contributed by atoms with Gasteiger partial charge >= 0.3 is 18.3 Å². The maximum Gasteiger partial charge on any atom is 0.410 e. The van der Waals surface area contributed by atoms with Gasteiger partial charge in [-0.05, 0) is 185 Å². The second kappa shape index (κ2) is 28.1. The van der Waals surface area contributed by atoms with E-state index < -0.39 is 16.8 Å². The molecule has 6 bridgehead atoms. The zero-order valence-corrected chi connectivity index (χ0v) is 55.4. The third-order valence-corrected chi connectivity index (χ3v) is 16.6. The third-order valence-electron chi connectivity index (χ3n) is 16.3. The Morgan fingerprint density at radius 3 is 1.09 bits per heavy atom. The van der Waals surface area contributed by atoms with Gasteiger partial charge in [-0.2, -0.15) is 0 Å². The number of ether oxygens (including phenoxy) is 8. The van der Waals surface area contributed by atoms with Crippen molar-refractivity contribution < 1.29 is 57.4 Å². The summed E-state index contributed by atoms with van der Waals surface area (Å²) in [5.74, 6) is 4.22. The third kappa shape index (κ3) is 16.6. The molecule has 24 nitrogen and oxygen atoms in total. The SMILES string of the molecule is CC(C)(C)OC(=O)N1C2CCC1C(O)C2.Cc1ncccc1Oc1ncnc(Cl)c1C.Cc1ncccc1Oc1ncnc(OC2CC3CCC2N3C(=O)OC(C)(C)C)c1C.Cc1ncccc1Oc1ncnc(OC2CC3CCC2N3C(=O)OC(C)(C)C)c1C. The Morgan fingerprint density at radius 1 is 0.440 bits per heavy atom. The summed E-state index contributed by atoms with van der Waals surface area (Å²) < 4.78 is 46.6. The number of carbonyl (C=O) groups is 3. The molecule has 488 valence electrons. The van der Waals surface area contributed by atoms with Crippen molar-refractivity contribution in [3.8, 4) is 46.6 Å². The summed E-state index contributed by atoms with van der Waals surface area (Å²) >= 11 is 5.87. The first-order valence-electron chi connectivity index (χ1n) is 31.0. The van der Waals surface area contributed by atoms with E-state index in [1.807, 2.05) is 144 Å². The van der Waals surface area contributed by atoms with E-state index in [0.717, 1.165) is 68.4 Å². The number of nitrogens with zero attached hydrogens (tertiary/aromatic N) is 12. The topological polar surface area (TPSA) is 271 Å². The molecule has 91 heavy (non-hydrogen) atoms. The van der Waals surface area contributed by atoms with Gasteiger partial charge in [-0.25, -0.2) is 44.3 Å². The van der Waals surface area contributed by atoms with Crippen molar-refractivity contribution in [2.75, 3.05) is 0 Å². The molecule has 6 fully saturated rings. The van der Waals surface area contributed by atoms with Gasteiger partial charge in [0.05, 0.1) is 52.4 Å². The monoisotopic (exact) mass is 1270 g/mol. The summed E-state index contributed by atoms with van der Waals surface area (Å²) in [7, 11) is 0. The number of carbonyl (C=O) groups excluding carboxylic acids is 3. The van der Waals surface area contributed by atoms with Crippen molar-refractivity contribution in [2.24, 2.45) is 0 Å². The molecule has 6 saturated heterocycles. The van der Waals surface area contributed by atoms with Crippen LogP contribution in [0.3, 0.4) is 0 Å². The maximum atomic E-state index is 12.7. The Balaban J connectivity index is 0.000000150. The number of halogens is 1. The summed E-state index contributed by atoms with van der Waals surface area (Å²) in [5, 5.41) is 10.1. The zero-order valence-electron chi connectivity index (χ0n) is 54.7. The fourth-order valence-corrected chi connectivity index (χ4v) is 12.1. The van der Waals surface area contributed by atoms with Crippen LogP contribution in [0.15, 0.2) is 74.0 Å². The van der Waals surface area contributed by atoms with Crippen LogP contribution < -0.4 is 23.7 Å². The van der Waals surface area contributed by atoms with Gasteiger partial charge < -0.3 is 43.0 Å². The van der Waals surface area contributed by atoms with Crippen LogP contribution in [0.2, 0.25) is 5.15 Å². The highest BCUT2D eigenvalue weighted by molar-refractivity contribution is 6.30. The van der Waals surface area contributed by atoms with Crippen molar-refractivity contribution in [1.29, 1.82) is 0 Å². The number of aryl methyl sites for hydroxylation is 3. The maximum absolute atomic E-state index is 12.7. The Bertz CT molecular complexity index is 3390. The van der Waals surface area contributed by atoms with E-state index in [9.17, 15) is 19.5 Å². The van der Waals surface area contributed by atoms with Crippen LogP contribution in [0.25, 0.3) is 0 Å². The molecule has 9 unspecified atom stereocenters. The van der Waals surface area contributed by atoms with E-state index in [1.165, 1.54) is 19.0 Å². The molecule has 6 aromatic rings. The van der Waals surface area contributed by atoms with E-state index >= 15 is 0 Å². The van der Waals surface area contributed by atoms with Crippen molar-refractivity contribution in [3.63, 3.8) is 0 Å². The van der Waals surface area contributed by atoms with Crippen molar-refractivity contribution >= 4 is 29.9 Å². The molecule has 6 aliphatic rings. The summed E-state index contributed by atoms with van der Waals surface area (Å²) in [5.41, 5.74) is 3.01. The molecule has 0 spiro atoms. The first kappa shape index (κ1) is 67.2. The average molecular weight is 1270 g/mol. The zero-order chi connectivity index (χ0) is 65.7. The molecular formula is C66H85ClN12O12. The van der Waals surface area contributed by atoms with Gasteiger partial charge in [-0.1, -0.05) is 11.6 Å². The summed E-state index contributed by atoms with van der Waals surface area (Å²) in [6.07, 6.45) is 15.9. The number of aliphatic hydroxyl groups excluding tert-OH is 1. The predicted molar refractivity (Wildman–Crippen MR) is 336 cm³/mol. The fraction of sp³-hybridized carbons (Fsp3) is 0.545. The number of fused-ring (bicyclic) bond motifs is 6. The molecule has 0 radical (unpaired) electrons. The molecule has 12 rings (SSSR count). The molecule has 3 amide bonds. The Kier molecular flexibility index (Phi) is 20.7. The smallest absolute Gasteiger partial charge is 0.410 e. The molecule has 0 aliphatic carbocycles. The van der Waals surface area contributed by atoms with E-state index in [-0.39, 0.29) is 72.8 Å². The van der Waals surface area contributed by atoms with Crippen molar-refractivity contribution in [2.45, 2.75) is 233 Å². The minimum Gasteiger partial charge on any atom is -0.472 e. The number of hydrogen-bond donors (Lipinski definition) is 1. The van der Waals surface area contributed by atoms with Gasteiger partial charge in [0.2, 0.25) is 29.4 Å². The quantitative estimate of drug-likeness (QED) is 0.0986. The van der Waals surface area contributed by atoms with E-state index in [4.69, 9.17) is 49.5 Å². The number of hydrogen-bond acceptors (Lipinski definition) is 21. The number of amides is 3. The molecule has 6 aromatic heterocycles. The number of aliphatic hydroxyl groups is 1. The summed E-state index contributed by atoms with van der Waals surface area (Å²) in [4.78, 5) is 80.3. The van der Waals surface area contributed by atoms with Gasteiger partial charge in [-0.3, -0.25) is 29.7 Å². The van der Waals surface area contributed by atoms with E-state index in [2.05, 4.69) is 44.9 Å². The average Bonchev–Trinajstić information content (AvgIpc) is 1.65. The molecule has 0 aromatic carbocycles. The Morgan fingerprint density at radius 2 is 0.758 bits per heavy atom. The standard InChI is InChI=1S/2C22H28N4O4.C11H10ClN3O.C11H19NO3/c2*1-13-19(28-17-7-6-10-23-14(17)2)24-12-25-20(13)29-18-11-15-8-9-16(18)26(15)21(27)30-22(3,4)5;1-7-10(12)14-6-15-11(7)16-9-4-3-5-13-8(9)2;1-11(2,3)15-10(14)12-7-4-5-8(12)9(13)6-7/h2*6-7,10,12,15-16,18H,8-9,11H2,1-5H3;3-6H,1-2H3;7-9,13H,4-6H2,1-3H3. The van der Waals surface area contributed by atoms with Gasteiger partial charge in [0.15, 0.2) is 17.2 Å². The predicted octanol–water partition coefficient (Wildman–Crippen LogP) is 12.9. The molecular weight excluding hydrogens is 1190 g/mol. The Labute approximate surface area is 537 Å². The van der Waals surface area contributed by atoms with Crippen LogP contribution in [0.4, 0.5) is 14.4 Å². The normalized spacial score (nSPS) is 22.6. The number of pyridine rings is 3. The highest BCUT2D eigenvalue weighted by Crippen LogP contribution is 2.44.